The number of rotatable bonds is 5. The van der Waals surface area contributed by atoms with Crippen LogP contribution < -0.4 is 4.74 Å². The quantitative estimate of drug-likeness (QED) is 0.699. The summed E-state index contributed by atoms with van der Waals surface area (Å²) in [5, 5.41) is -0.160. The molecule has 3 rings (SSSR count). The SMILES string of the molecule is CC(C)(C)OC(=O)COc1ccc2c(c1)S(=O)(=O)CC2Sc1ccccc1. The maximum absolute atomic E-state index is 12.6. The average Bonchev–Trinajstić information content (AvgIpc) is 2.83. The van der Waals surface area contributed by atoms with Crippen molar-refractivity contribution in [3.05, 3.63) is 54.1 Å². The van der Waals surface area contributed by atoms with E-state index < -0.39 is 21.4 Å². The van der Waals surface area contributed by atoms with Crippen molar-refractivity contribution in [1.82, 2.24) is 0 Å². The van der Waals surface area contributed by atoms with Crippen LogP contribution in [0.3, 0.4) is 0 Å². The number of thioether (sulfide) groups is 1. The Morgan fingerprint density at radius 3 is 2.52 bits per heavy atom. The lowest BCUT2D eigenvalue weighted by Crippen LogP contribution is -2.27. The summed E-state index contributed by atoms with van der Waals surface area (Å²) < 4.78 is 35.8. The van der Waals surface area contributed by atoms with Gasteiger partial charge in [-0.05, 0) is 50.6 Å². The second kappa shape index (κ2) is 7.56. The lowest BCUT2D eigenvalue weighted by atomic mass is 10.1. The minimum Gasteiger partial charge on any atom is -0.482 e. The van der Waals surface area contributed by atoms with Gasteiger partial charge in [-0.2, -0.15) is 0 Å². The van der Waals surface area contributed by atoms with E-state index in [0.29, 0.717) is 5.75 Å². The van der Waals surface area contributed by atoms with Crippen LogP contribution >= 0.6 is 11.8 Å². The predicted octanol–water partition coefficient (Wildman–Crippen LogP) is 4.03. The molecular weight excluding hydrogens is 384 g/mol. The zero-order valence-corrected chi connectivity index (χ0v) is 17.1. The van der Waals surface area contributed by atoms with Crippen molar-refractivity contribution in [2.24, 2.45) is 0 Å². The van der Waals surface area contributed by atoms with Gasteiger partial charge in [0.2, 0.25) is 0 Å². The molecule has 1 aliphatic heterocycles. The summed E-state index contributed by atoms with van der Waals surface area (Å²) in [6.07, 6.45) is 0. The molecule has 1 aliphatic rings. The fourth-order valence-corrected chi connectivity index (χ4v) is 6.28. The standard InChI is InChI=1S/C20H22O5S2/c1-20(2,3)25-19(21)12-24-14-9-10-16-17(13-27(22,23)18(16)11-14)26-15-7-5-4-6-8-15/h4-11,17H,12-13H2,1-3H3. The van der Waals surface area contributed by atoms with Crippen molar-refractivity contribution in [3.8, 4) is 5.75 Å². The predicted molar refractivity (Wildman–Crippen MR) is 105 cm³/mol. The number of hydrogen-bond acceptors (Lipinski definition) is 6. The number of fused-ring (bicyclic) bond motifs is 1. The van der Waals surface area contributed by atoms with Gasteiger partial charge in [-0.25, -0.2) is 13.2 Å². The summed E-state index contributed by atoms with van der Waals surface area (Å²) in [4.78, 5) is 13.1. The first-order valence-corrected chi connectivity index (χ1v) is 11.1. The largest absolute Gasteiger partial charge is 0.482 e. The molecular formula is C20H22O5S2. The third-order valence-corrected chi connectivity index (χ3v) is 7.09. The highest BCUT2D eigenvalue weighted by atomic mass is 32.2. The molecule has 7 heteroatoms. The molecule has 0 aliphatic carbocycles. The molecule has 0 fully saturated rings. The fraction of sp³-hybridized carbons (Fsp3) is 0.350. The van der Waals surface area contributed by atoms with Crippen molar-refractivity contribution in [1.29, 1.82) is 0 Å². The molecule has 0 bridgehead atoms. The van der Waals surface area contributed by atoms with E-state index in [2.05, 4.69) is 0 Å². The van der Waals surface area contributed by atoms with E-state index in [9.17, 15) is 13.2 Å². The third kappa shape index (κ3) is 5.05. The van der Waals surface area contributed by atoms with Crippen molar-refractivity contribution < 1.29 is 22.7 Å². The molecule has 27 heavy (non-hydrogen) atoms. The van der Waals surface area contributed by atoms with Crippen molar-refractivity contribution in [2.45, 2.75) is 41.4 Å². The van der Waals surface area contributed by atoms with E-state index in [1.54, 1.807) is 32.9 Å². The zero-order valence-electron chi connectivity index (χ0n) is 15.5. The summed E-state index contributed by atoms with van der Waals surface area (Å²) in [6.45, 7) is 5.06. The highest BCUT2D eigenvalue weighted by molar-refractivity contribution is 8.01. The molecule has 1 heterocycles. The Bertz CT molecular complexity index is 931. The maximum atomic E-state index is 12.6. The van der Waals surface area contributed by atoms with Crippen LogP contribution in [0.1, 0.15) is 31.6 Å². The fourth-order valence-electron chi connectivity index (χ4n) is 2.79. The van der Waals surface area contributed by atoms with Crippen LogP contribution in [-0.4, -0.2) is 32.3 Å². The van der Waals surface area contributed by atoms with Gasteiger partial charge in [0.25, 0.3) is 0 Å². The van der Waals surface area contributed by atoms with Crippen molar-refractivity contribution >= 4 is 27.6 Å². The maximum Gasteiger partial charge on any atom is 0.344 e. The molecule has 1 atom stereocenters. The second-order valence-corrected chi connectivity index (χ2v) is 10.6. The number of carbonyl (C=O) groups excluding carboxylic acids is 1. The van der Waals surface area contributed by atoms with E-state index in [1.807, 2.05) is 30.3 Å². The summed E-state index contributed by atoms with van der Waals surface area (Å²) in [6, 6.07) is 14.7. The summed E-state index contributed by atoms with van der Waals surface area (Å²) >= 11 is 1.53. The number of carbonyl (C=O) groups is 1. The molecule has 0 amide bonds. The Kier molecular flexibility index (Phi) is 5.53. The highest BCUT2D eigenvalue weighted by Crippen LogP contribution is 2.45. The molecule has 144 valence electrons. The van der Waals surface area contributed by atoms with Crippen molar-refractivity contribution in [2.75, 3.05) is 12.4 Å². The first-order valence-electron chi connectivity index (χ1n) is 8.57. The molecule has 0 spiro atoms. The number of benzene rings is 2. The van der Waals surface area contributed by atoms with E-state index in [-0.39, 0.29) is 22.5 Å². The van der Waals surface area contributed by atoms with Crippen LogP contribution in [-0.2, 0) is 19.4 Å². The average molecular weight is 407 g/mol. The van der Waals surface area contributed by atoms with Crippen LogP contribution in [0.5, 0.6) is 5.75 Å². The molecule has 2 aromatic carbocycles. The lowest BCUT2D eigenvalue weighted by molar-refractivity contribution is -0.157. The summed E-state index contributed by atoms with van der Waals surface area (Å²) in [5.74, 6) is -0.103. The van der Waals surface area contributed by atoms with Gasteiger partial charge in [-0.3, -0.25) is 0 Å². The topological polar surface area (TPSA) is 69.7 Å². The van der Waals surface area contributed by atoms with Crippen LogP contribution in [0.4, 0.5) is 0 Å². The molecule has 0 N–H and O–H groups in total. The lowest BCUT2D eigenvalue weighted by Gasteiger charge is -2.19. The van der Waals surface area contributed by atoms with Crippen LogP contribution in [0.25, 0.3) is 0 Å². The number of hydrogen-bond donors (Lipinski definition) is 0. The smallest absolute Gasteiger partial charge is 0.344 e. The van der Waals surface area contributed by atoms with Gasteiger partial charge in [0, 0.05) is 4.90 Å². The number of esters is 1. The van der Waals surface area contributed by atoms with Gasteiger partial charge in [0.05, 0.1) is 15.9 Å². The minimum absolute atomic E-state index is 0.0530. The first-order chi connectivity index (χ1) is 12.6. The minimum atomic E-state index is -3.38. The Morgan fingerprint density at radius 2 is 1.85 bits per heavy atom. The Hall–Kier alpha value is -1.99. The molecule has 5 nitrogen and oxygen atoms in total. The monoisotopic (exact) mass is 406 g/mol. The van der Waals surface area contributed by atoms with E-state index in [4.69, 9.17) is 9.47 Å². The Balaban J connectivity index is 1.75. The highest BCUT2D eigenvalue weighted by Gasteiger charge is 2.35. The van der Waals surface area contributed by atoms with Gasteiger partial charge < -0.3 is 9.47 Å². The van der Waals surface area contributed by atoms with Gasteiger partial charge in [-0.15, -0.1) is 11.8 Å². The zero-order chi connectivity index (χ0) is 19.7. The van der Waals surface area contributed by atoms with E-state index in [0.717, 1.165) is 10.5 Å². The Labute approximate surface area is 164 Å². The normalized spacial score (nSPS) is 18.0. The van der Waals surface area contributed by atoms with Crippen molar-refractivity contribution in [3.63, 3.8) is 0 Å². The molecule has 0 saturated carbocycles. The summed E-state index contributed by atoms with van der Waals surface area (Å²) in [7, 11) is -3.38. The molecule has 1 unspecified atom stereocenters. The van der Waals surface area contributed by atoms with Gasteiger partial charge in [0.15, 0.2) is 16.4 Å². The van der Waals surface area contributed by atoms with Gasteiger partial charge in [-0.1, -0.05) is 24.3 Å². The second-order valence-electron chi connectivity index (χ2n) is 7.28. The van der Waals surface area contributed by atoms with Crippen LogP contribution in [0.15, 0.2) is 58.3 Å². The third-order valence-electron chi connectivity index (χ3n) is 3.84. The van der Waals surface area contributed by atoms with Crippen LogP contribution in [0.2, 0.25) is 0 Å². The van der Waals surface area contributed by atoms with E-state index >= 15 is 0 Å². The Morgan fingerprint density at radius 1 is 1.15 bits per heavy atom. The van der Waals surface area contributed by atoms with Gasteiger partial charge in [0.1, 0.15) is 11.4 Å². The molecule has 2 aromatic rings. The molecule has 0 radical (unpaired) electrons. The number of ether oxygens (including phenoxy) is 2. The molecule has 0 saturated heterocycles. The first kappa shape index (κ1) is 19.8. The van der Waals surface area contributed by atoms with Crippen LogP contribution in [0, 0.1) is 0 Å². The van der Waals surface area contributed by atoms with Gasteiger partial charge >= 0.3 is 5.97 Å². The van der Waals surface area contributed by atoms with E-state index in [1.165, 1.54) is 17.8 Å². The number of sulfone groups is 1. The molecule has 0 aromatic heterocycles. The summed E-state index contributed by atoms with van der Waals surface area (Å²) in [5.41, 5.74) is 0.178.